The minimum absolute atomic E-state index is 0.0549. The molecule has 100 valence electrons. The molecule has 0 saturated carbocycles. The van der Waals surface area contributed by atoms with Gasteiger partial charge in [-0.15, -0.1) is 0 Å². The highest BCUT2D eigenvalue weighted by molar-refractivity contribution is 5.81. The van der Waals surface area contributed by atoms with Gasteiger partial charge in [0.25, 0.3) is 0 Å². The smallest absolute Gasteiger partial charge is 0.236 e. The van der Waals surface area contributed by atoms with E-state index in [-0.39, 0.29) is 18.1 Å². The van der Waals surface area contributed by atoms with Gasteiger partial charge < -0.3 is 20.3 Å². The van der Waals surface area contributed by atoms with Crippen LogP contribution in [0, 0.1) is 0 Å². The molecule has 0 aliphatic carbocycles. The van der Waals surface area contributed by atoms with Crippen molar-refractivity contribution in [3.05, 3.63) is 0 Å². The number of hydrogen-bond acceptors (Lipinski definition) is 4. The van der Waals surface area contributed by atoms with Crippen molar-refractivity contribution in [2.45, 2.75) is 31.9 Å². The second kappa shape index (κ2) is 7.63. The summed E-state index contributed by atoms with van der Waals surface area (Å²) in [6.45, 7) is 5.11. The van der Waals surface area contributed by atoms with Crippen LogP contribution in [-0.4, -0.2) is 63.3 Å². The van der Waals surface area contributed by atoms with Gasteiger partial charge in [-0.25, -0.2) is 0 Å². The van der Waals surface area contributed by atoms with Crippen LogP contribution in [-0.2, 0) is 9.53 Å². The molecule has 5 nitrogen and oxygen atoms in total. The number of carbonyl (C=O) groups is 1. The highest BCUT2D eigenvalue weighted by Gasteiger charge is 2.18. The molecule has 1 aliphatic heterocycles. The molecule has 0 aromatic rings. The quantitative estimate of drug-likeness (QED) is 0.651. The third-order valence-corrected chi connectivity index (χ3v) is 2.93. The molecule has 17 heavy (non-hydrogen) atoms. The third-order valence-electron chi connectivity index (χ3n) is 2.93. The van der Waals surface area contributed by atoms with Gasteiger partial charge in [0.05, 0.1) is 12.1 Å². The summed E-state index contributed by atoms with van der Waals surface area (Å²) >= 11 is 0. The maximum Gasteiger partial charge on any atom is 0.236 e. The highest BCUT2D eigenvalue weighted by Crippen LogP contribution is 2.10. The predicted molar refractivity (Wildman–Crippen MR) is 68.0 cm³/mol. The second-order valence-electron chi connectivity index (χ2n) is 4.86. The van der Waals surface area contributed by atoms with Crippen molar-refractivity contribution in [1.29, 1.82) is 0 Å². The van der Waals surface area contributed by atoms with Gasteiger partial charge in [-0.3, -0.25) is 4.79 Å². The summed E-state index contributed by atoms with van der Waals surface area (Å²) in [6, 6.07) is -0.142. The molecule has 2 N–H and O–H groups in total. The minimum atomic E-state index is -0.142. The van der Waals surface area contributed by atoms with Gasteiger partial charge >= 0.3 is 0 Å². The lowest BCUT2D eigenvalue weighted by Crippen LogP contribution is -2.46. The van der Waals surface area contributed by atoms with Gasteiger partial charge in [-0.05, 0) is 33.9 Å². The van der Waals surface area contributed by atoms with Crippen molar-refractivity contribution in [2.24, 2.45) is 0 Å². The summed E-state index contributed by atoms with van der Waals surface area (Å²) in [4.78, 5) is 13.8. The minimum Gasteiger partial charge on any atom is -0.376 e. The monoisotopic (exact) mass is 243 g/mol. The van der Waals surface area contributed by atoms with Crippen LogP contribution in [0.1, 0.15) is 19.8 Å². The number of nitrogens with one attached hydrogen (secondary N) is 2. The van der Waals surface area contributed by atoms with Gasteiger partial charge in [-0.1, -0.05) is 0 Å². The van der Waals surface area contributed by atoms with Crippen LogP contribution in [0.4, 0.5) is 0 Å². The Morgan fingerprint density at radius 1 is 1.53 bits per heavy atom. The first-order valence-corrected chi connectivity index (χ1v) is 6.37. The van der Waals surface area contributed by atoms with Crippen LogP contribution in [0.25, 0.3) is 0 Å². The number of nitrogens with zero attached hydrogens (tertiary/aromatic N) is 1. The Labute approximate surface area is 104 Å². The standard InChI is InChI=1S/C12H25N3O2/c1-10(13-6-7-15(2)3)12(16)14-9-11-5-4-8-17-11/h10-11,13H,4-9H2,1-3H3,(H,14,16). The number of hydrogen-bond donors (Lipinski definition) is 2. The van der Waals surface area contributed by atoms with Crippen LogP contribution in [0.15, 0.2) is 0 Å². The van der Waals surface area contributed by atoms with Crippen molar-refractivity contribution in [1.82, 2.24) is 15.5 Å². The molecule has 1 saturated heterocycles. The zero-order valence-electron chi connectivity index (χ0n) is 11.2. The van der Waals surface area contributed by atoms with E-state index in [9.17, 15) is 4.79 Å². The first-order valence-electron chi connectivity index (χ1n) is 6.37. The van der Waals surface area contributed by atoms with E-state index in [2.05, 4.69) is 15.5 Å². The lowest BCUT2D eigenvalue weighted by Gasteiger charge is -2.17. The molecule has 2 atom stereocenters. The van der Waals surface area contributed by atoms with E-state index < -0.39 is 0 Å². The zero-order valence-corrected chi connectivity index (χ0v) is 11.2. The SMILES string of the molecule is CC(NCCN(C)C)C(=O)NCC1CCCO1. The van der Waals surface area contributed by atoms with Crippen LogP contribution >= 0.6 is 0 Å². The normalized spacial score (nSPS) is 21.8. The number of rotatable bonds is 7. The van der Waals surface area contributed by atoms with E-state index in [1.54, 1.807) is 0 Å². The first-order chi connectivity index (χ1) is 8.09. The van der Waals surface area contributed by atoms with Gasteiger partial charge in [-0.2, -0.15) is 0 Å². The maximum atomic E-state index is 11.7. The van der Waals surface area contributed by atoms with Crippen LogP contribution < -0.4 is 10.6 Å². The average molecular weight is 243 g/mol. The Balaban J connectivity index is 2.08. The van der Waals surface area contributed by atoms with Crippen molar-refractivity contribution >= 4 is 5.91 Å². The molecule has 2 unspecified atom stereocenters. The number of likely N-dealkylation sites (N-methyl/N-ethyl adjacent to an activating group) is 1. The third kappa shape index (κ3) is 6.00. The summed E-state index contributed by atoms with van der Waals surface area (Å²) in [5.74, 6) is 0.0549. The van der Waals surface area contributed by atoms with Crippen LogP contribution in [0.3, 0.4) is 0 Å². The van der Waals surface area contributed by atoms with E-state index in [4.69, 9.17) is 4.74 Å². The molecule has 1 fully saturated rings. The molecule has 1 heterocycles. The van der Waals surface area contributed by atoms with E-state index >= 15 is 0 Å². The molecule has 0 radical (unpaired) electrons. The summed E-state index contributed by atoms with van der Waals surface area (Å²) < 4.78 is 5.45. The van der Waals surface area contributed by atoms with Gasteiger partial charge in [0, 0.05) is 26.2 Å². The largest absolute Gasteiger partial charge is 0.376 e. The Bertz CT molecular complexity index is 228. The van der Waals surface area contributed by atoms with E-state index in [0.29, 0.717) is 6.54 Å². The first kappa shape index (κ1) is 14.4. The van der Waals surface area contributed by atoms with Crippen molar-refractivity contribution in [3.63, 3.8) is 0 Å². The summed E-state index contributed by atoms with van der Waals surface area (Å²) in [6.07, 6.45) is 2.38. The average Bonchev–Trinajstić information content (AvgIpc) is 2.78. The number of ether oxygens (including phenoxy) is 1. The molecule has 1 amide bonds. The molecular formula is C12H25N3O2. The molecular weight excluding hydrogens is 218 g/mol. The van der Waals surface area contributed by atoms with Crippen molar-refractivity contribution in [3.8, 4) is 0 Å². The van der Waals surface area contributed by atoms with Gasteiger partial charge in [0.2, 0.25) is 5.91 Å². The summed E-state index contributed by atoms with van der Waals surface area (Å²) in [5.41, 5.74) is 0. The van der Waals surface area contributed by atoms with E-state index in [1.165, 1.54) is 0 Å². The van der Waals surface area contributed by atoms with Crippen LogP contribution in [0.2, 0.25) is 0 Å². The predicted octanol–water partition coefficient (Wildman–Crippen LogP) is -0.179. The fraction of sp³-hybridized carbons (Fsp3) is 0.917. The second-order valence-corrected chi connectivity index (χ2v) is 4.86. The lowest BCUT2D eigenvalue weighted by atomic mass is 10.2. The number of amides is 1. The Kier molecular flexibility index (Phi) is 6.47. The molecule has 1 rings (SSSR count). The molecule has 5 heteroatoms. The van der Waals surface area contributed by atoms with E-state index in [0.717, 1.165) is 32.5 Å². The molecule has 0 bridgehead atoms. The molecule has 0 spiro atoms. The number of carbonyl (C=O) groups excluding carboxylic acids is 1. The fourth-order valence-corrected chi connectivity index (χ4v) is 1.77. The maximum absolute atomic E-state index is 11.7. The van der Waals surface area contributed by atoms with Crippen LogP contribution in [0.5, 0.6) is 0 Å². The van der Waals surface area contributed by atoms with Gasteiger partial charge in [0.15, 0.2) is 0 Å². The summed E-state index contributed by atoms with van der Waals surface area (Å²) in [5, 5.41) is 6.12. The molecule has 1 aliphatic rings. The molecule has 0 aromatic heterocycles. The highest BCUT2D eigenvalue weighted by atomic mass is 16.5. The van der Waals surface area contributed by atoms with E-state index in [1.807, 2.05) is 21.0 Å². The Hall–Kier alpha value is -0.650. The fourth-order valence-electron chi connectivity index (χ4n) is 1.77. The Morgan fingerprint density at radius 3 is 2.88 bits per heavy atom. The topological polar surface area (TPSA) is 53.6 Å². The van der Waals surface area contributed by atoms with Crippen molar-refractivity contribution < 1.29 is 9.53 Å². The Morgan fingerprint density at radius 2 is 2.29 bits per heavy atom. The molecule has 0 aromatic carbocycles. The van der Waals surface area contributed by atoms with Crippen molar-refractivity contribution in [2.75, 3.05) is 40.3 Å². The van der Waals surface area contributed by atoms with Gasteiger partial charge in [0.1, 0.15) is 0 Å². The zero-order chi connectivity index (χ0) is 12.7. The summed E-state index contributed by atoms with van der Waals surface area (Å²) in [7, 11) is 4.04. The lowest BCUT2D eigenvalue weighted by molar-refractivity contribution is -0.123.